The van der Waals surface area contributed by atoms with Crippen LogP contribution in [0.1, 0.15) is 26.6 Å². The van der Waals surface area contributed by atoms with Crippen LogP contribution < -0.4 is 5.32 Å². The third kappa shape index (κ3) is 3.99. The molecule has 0 aliphatic rings. The summed E-state index contributed by atoms with van der Waals surface area (Å²) in [6.45, 7) is 0. The summed E-state index contributed by atoms with van der Waals surface area (Å²) in [5.41, 5.74) is -0.396. The van der Waals surface area contributed by atoms with Gasteiger partial charge in [-0.05, 0) is 24.3 Å². The van der Waals surface area contributed by atoms with E-state index < -0.39 is 23.6 Å². The molecule has 1 amide bonds. The number of nitrogens with zero attached hydrogens (tertiary/aromatic N) is 1. The number of thiophene rings is 1. The molecule has 2 N–H and O–H groups in total. The van der Waals surface area contributed by atoms with Gasteiger partial charge in [-0.3, -0.25) is 4.79 Å². The van der Waals surface area contributed by atoms with Crippen molar-refractivity contribution in [2.24, 2.45) is 0 Å². The number of hydrogen-bond acceptors (Lipinski definition) is 5. The number of hydrogen-bond donors (Lipinski definition) is 2. The first-order valence-electron chi connectivity index (χ1n) is 8.54. The molecule has 11 heteroatoms. The number of amides is 1. The first-order chi connectivity index (χ1) is 14.6. The molecule has 0 radical (unpaired) electrons. The van der Waals surface area contributed by atoms with Crippen LogP contribution in [0.2, 0.25) is 5.02 Å². The molecule has 31 heavy (non-hydrogen) atoms. The smallest absolute Gasteiger partial charge is 0.416 e. The summed E-state index contributed by atoms with van der Waals surface area (Å²) >= 11 is 6.92. The largest absolute Gasteiger partial charge is 0.478 e. The number of rotatable bonds is 4. The summed E-state index contributed by atoms with van der Waals surface area (Å²) in [5, 5.41) is 13.2. The van der Waals surface area contributed by atoms with E-state index in [0.717, 1.165) is 29.5 Å². The van der Waals surface area contributed by atoms with E-state index in [4.69, 9.17) is 16.0 Å². The van der Waals surface area contributed by atoms with Crippen molar-refractivity contribution in [3.63, 3.8) is 0 Å². The van der Waals surface area contributed by atoms with E-state index in [1.54, 1.807) is 24.3 Å². The molecule has 2 aromatic carbocycles. The van der Waals surface area contributed by atoms with Gasteiger partial charge in [0.2, 0.25) is 0 Å². The number of para-hydroxylation sites is 2. The summed E-state index contributed by atoms with van der Waals surface area (Å²) in [5.74, 6) is -2.43. The number of carbonyl (C=O) groups is 2. The molecular formula is C20H10ClF3N2O4S. The van der Waals surface area contributed by atoms with Gasteiger partial charge in [0.1, 0.15) is 11.1 Å². The summed E-state index contributed by atoms with van der Waals surface area (Å²) in [7, 11) is 0. The van der Waals surface area contributed by atoms with Crippen molar-refractivity contribution in [1.82, 2.24) is 4.98 Å². The molecule has 0 aliphatic carbocycles. The summed E-state index contributed by atoms with van der Waals surface area (Å²) in [4.78, 5) is 28.5. The lowest BCUT2D eigenvalue weighted by Gasteiger charge is -2.10. The van der Waals surface area contributed by atoms with E-state index >= 15 is 0 Å². The molecule has 4 aromatic rings. The topological polar surface area (TPSA) is 92.4 Å². The molecule has 2 aromatic heterocycles. The second-order valence-corrected chi connectivity index (χ2v) is 7.58. The maximum absolute atomic E-state index is 12.9. The molecule has 0 atom stereocenters. The van der Waals surface area contributed by atoms with E-state index in [-0.39, 0.29) is 32.6 Å². The summed E-state index contributed by atoms with van der Waals surface area (Å²) < 4.78 is 44.0. The quantitative estimate of drug-likeness (QED) is 0.374. The van der Waals surface area contributed by atoms with E-state index in [1.807, 2.05) is 0 Å². The monoisotopic (exact) mass is 466 g/mol. The lowest BCUT2D eigenvalue weighted by atomic mass is 10.1. The fourth-order valence-electron chi connectivity index (χ4n) is 2.88. The molecule has 158 valence electrons. The van der Waals surface area contributed by atoms with Gasteiger partial charge in [0.05, 0.1) is 16.1 Å². The Bertz CT molecular complexity index is 1300. The predicted molar refractivity (Wildman–Crippen MR) is 109 cm³/mol. The number of nitrogens with one attached hydrogen (secondary N) is 1. The highest BCUT2D eigenvalue weighted by Crippen LogP contribution is 2.41. The number of benzene rings is 2. The van der Waals surface area contributed by atoms with E-state index in [2.05, 4.69) is 10.3 Å². The molecule has 0 spiro atoms. The Kier molecular flexibility index (Phi) is 5.19. The van der Waals surface area contributed by atoms with Crippen molar-refractivity contribution in [3.05, 3.63) is 69.9 Å². The van der Waals surface area contributed by atoms with Gasteiger partial charge in [0, 0.05) is 16.0 Å². The number of carboxylic acid groups (broad SMARTS) is 1. The van der Waals surface area contributed by atoms with Crippen molar-refractivity contribution in [2.45, 2.75) is 6.18 Å². The normalized spacial score (nSPS) is 11.6. The van der Waals surface area contributed by atoms with Crippen LogP contribution in [0.3, 0.4) is 0 Å². The van der Waals surface area contributed by atoms with E-state index in [0.29, 0.717) is 11.1 Å². The van der Waals surface area contributed by atoms with Gasteiger partial charge in [-0.2, -0.15) is 13.2 Å². The number of anilines is 1. The highest BCUT2D eigenvalue weighted by atomic mass is 35.5. The Hall–Kier alpha value is -3.37. The Labute approximate surface area is 180 Å². The van der Waals surface area contributed by atoms with Crippen molar-refractivity contribution in [1.29, 1.82) is 0 Å². The fourth-order valence-corrected chi connectivity index (χ4v) is 4.24. The number of carbonyl (C=O) groups excluding carboxylic acids is 1. The number of oxazole rings is 1. The van der Waals surface area contributed by atoms with Gasteiger partial charge >= 0.3 is 18.1 Å². The van der Waals surface area contributed by atoms with Crippen molar-refractivity contribution >= 4 is 51.6 Å². The zero-order chi connectivity index (χ0) is 22.3. The second kappa shape index (κ2) is 7.71. The van der Waals surface area contributed by atoms with Gasteiger partial charge in [-0.25, -0.2) is 9.78 Å². The van der Waals surface area contributed by atoms with Gasteiger partial charge in [-0.15, -0.1) is 11.3 Å². The van der Waals surface area contributed by atoms with E-state index in [1.165, 1.54) is 5.38 Å². The third-order valence-electron chi connectivity index (χ3n) is 4.28. The average molecular weight is 467 g/mol. The predicted octanol–water partition coefficient (Wildman–Crippen LogP) is 6.18. The standard InChI is InChI=1S/C20H10ClF3N2O4S/c21-11-7-9(20(22,23)24)5-6-10(11)16-15(19(28)29)13(8-31-16)25-17(27)18-26-12-3-1-2-4-14(12)30-18/h1-8H,(H,25,27)(H,28,29). The van der Waals surface area contributed by atoms with Crippen LogP contribution in [0.15, 0.2) is 52.3 Å². The second-order valence-electron chi connectivity index (χ2n) is 6.29. The molecule has 0 fully saturated rings. The SMILES string of the molecule is O=C(Nc1csc(-c2ccc(C(F)(F)F)cc2Cl)c1C(=O)O)c1nc2ccccc2o1. The van der Waals surface area contributed by atoms with Crippen LogP contribution in [0.5, 0.6) is 0 Å². The third-order valence-corrected chi connectivity index (χ3v) is 5.61. The van der Waals surface area contributed by atoms with Crippen LogP contribution in [-0.4, -0.2) is 22.0 Å². The minimum atomic E-state index is -4.59. The Morgan fingerprint density at radius 2 is 1.90 bits per heavy atom. The molecule has 0 bridgehead atoms. The first-order valence-corrected chi connectivity index (χ1v) is 9.79. The first kappa shape index (κ1) is 20.9. The Balaban J connectivity index is 1.69. The lowest BCUT2D eigenvalue weighted by Crippen LogP contribution is -2.14. The molecule has 6 nitrogen and oxygen atoms in total. The van der Waals surface area contributed by atoms with Gasteiger partial charge in [-0.1, -0.05) is 29.8 Å². The minimum absolute atomic E-state index is 0.0595. The number of carboxylic acids is 1. The number of aromatic nitrogens is 1. The fraction of sp³-hybridized carbons (Fsp3) is 0.0500. The zero-order valence-electron chi connectivity index (χ0n) is 15.2. The van der Waals surface area contributed by atoms with Crippen LogP contribution in [-0.2, 0) is 6.18 Å². The maximum atomic E-state index is 12.9. The molecular weight excluding hydrogens is 457 g/mol. The highest BCUT2D eigenvalue weighted by molar-refractivity contribution is 7.14. The summed E-state index contributed by atoms with van der Waals surface area (Å²) in [6, 6.07) is 9.31. The van der Waals surface area contributed by atoms with Crippen molar-refractivity contribution in [3.8, 4) is 10.4 Å². The van der Waals surface area contributed by atoms with Gasteiger partial charge < -0.3 is 14.8 Å². The average Bonchev–Trinajstić information content (AvgIpc) is 3.31. The van der Waals surface area contributed by atoms with E-state index in [9.17, 15) is 27.9 Å². The highest BCUT2D eigenvalue weighted by Gasteiger charge is 2.32. The number of alkyl halides is 3. The molecule has 2 heterocycles. The van der Waals surface area contributed by atoms with Crippen LogP contribution in [0.25, 0.3) is 21.5 Å². The Morgan fingerprint density at radius 3 is 2.55 bits per heavy atom. The van der Waals surface area contributed by atoms with Gasteiger partial charge in [0.15, 0.2) is 5.58 Å². The zero-order valence-corrected chi connectivity index (χ0v) is 16.7. The number of halogens is 4. The molecule has 0 saturated heterocycles. The number of fused-ring (bicyclic) bond motifs is 1. The molecule has 4 rings (SSSR count). The maximum Gasteiger partial charge on any atom is 0.416 e. The summed E-state index contributed by atoms with van der Waals surface area (Å²) in [6.07, 6.45) is -4.59. The molecule has 0 unspecified atom stereocenters. The van der Waals surface area contributed by atoms with Crippen LogP contribution >= 0.6 is 22.9 Å². The molecule has 0 saturated carbocycles. The number of aromatic carboxylic acids is 1. The van der Waals surface area contributed by atoms with Gasteiger partial charge in [0.25, 0.3) is 5.89 Å². The van der Waals surface area contributed by atoms with Crippen LogP contribution in [0.4, 0.5) is 18.9 Å². The lowest BCUT2D eigenvalue weighted by molar-refractivity contribution is -0.137. The van der Waals surface area contributed by atoms with Crippen molar-refractivity contribution < 1.29 is 32.3 Å². The molecule has 0 aliphatic heterocycles. The van der Waals surface area contributed by atoms with Crippen LogP contribution in [0, 0.1) is 0 Å². The minimum Gasteiger partial charge on any atom is -0.478 e. The Morgan fingerprint density at radius 1 is 1.16 bits per heavy atom. The van der Waals surface area contributed by atoms with Crippen molar-refractivity contribution in [2.75, 3.05) is 5.32 Å².